The minimum absolute atomic E-state index is 0.161. The van der Waals surface area contributed by atoms with Crippen LogP contribution in [0.5, 0.6) is 0 Å². The zero-order valence-electron chi connectivity index (χ0n) is 14.0. The molecule has 23 heavy (non-hydrogen) atoms. The maximum absolute atomic E-state index is 12.4. The Morgan fingerprint density at radius 2 is 1.70 bits per heavy atom. The van der Waals surface area contributed by atoms with Crippen LogP contribution in [0.15, 0.2) is 0 Å². The molecule has 1 heterocycles. The summed E-state index contributed by atoms with van der Waals surface area (Å²) in [5, 5.41) is 12.1. The van der Waals surface area contributed by atoms with Crippen LogP contribution in [0.2, 0.25) is 0 Å². The molecule has 0 atom stereocenters. The molecule has 1 aliphatic heterocycles. The summed E-state index contributed by atoms with van der Waals surface area (Å²) in [5.41, 5.74) is -1.27. The first-order chi connectivity index (χ1) is 10.5. The van der Waals surface area contributed by atoms with E-state index in [2.05, 4.69) is 5.32 Å². The molecule has 7 nitrogen and oxygen atoms in total. The van der Waals surface area contributed by atoms with E-state index in [9.17, 15) is 23.1 Å². The molecule has 0 spiro atoms. The first-order valence-electron chi connectivity index (χ1n) is 8.05. The predicted molar refractivity (Wildman–Crippen MR) is 85.3 cm³/mol. The topological polar surface area (TPSA) is 104 Å². The number of amides is 1. The van der Waals surface area contributed by atoms with E-state index < -0.39 is 32.1 Å². The summed E-state index contributed by atoms with van der Waals surface area (Å²) in [6.45, 7) is 5.71. The highest BCUT2D eigenvalue weighted by atomic mass is 32.2. The van der Waals surface area contributed by atoms with Crippen molar-refractivity contribution in [2.75, 3.05) is 13.1 Å². The van der Waals surface area contributed by atoms with Crippen LogP contribution in [0.1, 0.15) is 52.9 Å². The summed E-state index contributed by atoms with van der Waals surface area (Å²) >= 11 is 0. The van der Waals surface area contributed by atoms with E-state index >= 15 is 0 Å². The van der Waals surface area contributed by atoms with Crippen LogP contribution in [0, 0.1) is 5.41 Å². The van der Waals surface area contributed by atoms with Gasteiger partial charge in [-0.1, -0.05) is 6.42 Å². The molecule has 0 aromatic rings. The minimum Gasteiger partial charge on any atom is -0.480 e. The lowest BCUT2D eigenvalue weighted by atomic mass is 9.68. The molecule has 1 saturated heterocycles. The molecule has 0 radical (unpaired) electrons. The van der Waals surface area contributed by atoms with Crippen LogP contribution in [0.4, 0.5) is 0 Å². The minimum atomic E-state index is -3.36. The number of hydrogen-bond acceptors (Lipinski definition) is 4. The van der Waals surface area contributed by atoms with E-state index in [4.69, 9.17) is 0 Å². The predicted octanol–water partition coefficient (Wildman–Crippen LogP) is 0.950. The zero-order chi connectivity index (χ0) is 17.5. The van der Waals surface area contributed by atoms with Gasteiger partial charge in [-0.25, -0.2) is 12.7 Å². The highest BCUT2D eigenvalue weighted by molar-refractivity contribution is 7.90. The fraction of sp³-hybridized carbons (Fsp3) is 0.867. The maximum atomic E-state index is 12.4. The Hall–Kier alpha value is -1.15. The van der Waals surface area contributed by atoms with Crippen molar-refractivity contribution in [1.29, 1.82) is 0 Å². The first-order valence-corrected chi connectivity index (χ1v) is 9.49. The lowest BCUT2D eigenvalue weighted by molar-refractivity contribution is -0.162. The molecule has 0 unspecified atom stereocenters. The second-order valence-electron chi connectivity index (χ2n) is 7.51. The van der Waals surface area contributed by atoms with Crippen molar-refractivity contribution in [3.05, 3.63) is 0 Å². The number of carbonyl (C=O) groups is 2. The standard InChI is InChI=1S/C15H26N2O5S/c1-14(2,3)23(21,22)17-9-5-11(6-10-17)16-12(18)15(13(19)20)7-4-8-15/h11H,4-10H2,1-3H3,(H,16,18)(H,19,20). The number of nitrogens with zero attached hydrogens (tertiary/aromatic N) is 1. The lowest BCUT2D eigenvalue weighted by Crippen LogP contribution is -2.56. The van der Waals surface area contributed by atoms with Gasteiger partial charge in [0.05, 0.1) is 4.75 Å². The molecule has 2 rings (SSSR count). The summed E-state index contributed by atoms with van der Waals surface area (Å²) < 4.78 is 25.4. The van der Waals surface area contributed by atoms with Crippen LogP contribution in [-0.4, -0.2) is 53.6 Å². The quantitative estimate of drug-likeness (QED) is 0.738. The molecular weight excluding hydrogens is 320 g/mol. The fourth-order valence-electron chi connectivity index (χ4n) is 3.02. The van der Waals surface area contributed by atoms with Crippen molar-refractivity contribution in [2.45, 2.75) is 63.7 Å². The maximum Gasteiger partial charge on any atom is 0.319 e. The van der Waals surface area contributed by atoms with Gasteiger partial charge in [0.15, 0.2) is 0 Å². The number of carboxylic acid groups (broad SMARTS) is 1. The molecule has 1 amide bonds. The smallest absolute Gasteiger partial charge is 0.319 e. The van der Waals surface area contributed by atoms with Crippen molar-refractivity contribution in [3.63, 3.8) is 0 Å². The largest absolute Gasteiger partial charge is 0.480 e. The van der Waals surface area contributed by atoms with Crippen LogP contribution in [-0.2, 0) is 19.6 Å². The van der Waals surface area contributed by atoms with Gasteiger partial charge in [0.1, 0.15) is 5.41 Å². The Bertz CT molecular complexity index is 581. The van der Waals surface area contributed by atoms with Gasteiger partial charge >= 0.3 is 5.97 Å². The van der Waals surface area contributed by atoms with E-state index in [1.54, 1.807) is 20.8 Å². The van der Waals surface area contributed by atoms with Gasteiger partial charge in [0.25, 0.3) is 0 Å². The summed E-state index contributed by atoms with van der Waals surface area (Å²) in [4.78, 5) is 23.6. The second-order valence-corrected chi connectivity index (χ2v) is 10.2. The molecule has 0 aromatic carbocycles. The van der Waals surface area contributed by atoms with Gasteiger partial charge in [0.2, 0.25) is 15.9 Å². The molecule has 132 valence electrons. The van der Waals surface area contributed by atoms with E-state index in [-0.39, 0.29) is 6.04 Å². The average molecular weight is 346 g/mol. The van der Waals surface area contributed by atoms with E-state index in [0.29, 0.717) is 38.8 Å². The Kier molecular flexibility index (Phi) is 4.79. The molecule has 0 bridgehead atoms. The molecular formula is C15H26N2O5S. The van der Waals surface area contributed by atoms with Gasteiger partial charge in [0, 0.05) is 19.1 Å². The number of carbonyl (C=O) groups excluding carboxylic acids is 1. The van der Waals surface area contributed by atoms with Crippen molar-refractivity contribution >= 4 is 21.9 Å². The summed E-state index contributed by atoms with van der Waals surface area (Å²) in [5.74, 6) is -1.48. The molecule has 8 heteroatoms. The Morgan fingerprint density at radius 3 is 2.04 bits per heavy atom. The summed E-state index contributed by atoms with van der Waals surface area (Å²) in [6, 6.07) is -0.161. The first kappa shape index (κ1) is 18.2. The number of carboxylic acids is 1. The summed E-state index contributed by atoms with van der Waals surface area (Å²) in [6.07, 6.45) is 2.53. The van der Waals surface area contributed by atoms with E-state index in [0.717, 1.165) is 6.42 Å². The van der Waals surface area contributed by atoms with Gasteiger partial charge in [-0.05, 0) is 46.5 Å². The molecule has 2 N–H and O–H groups in total. The Labute approximate surface area is 137 Å². The van der Waals surface area contributed by atoms with Crippen molar-refractivity contribution < 1.29 is 23.1 Å². The van der Waals surface area contributed by atoms with Gasteiger partial charge in [-0.15, -0.1) is 0 Å². The molecule has 0 aromatic heterocycles. The summed E-state index contributed by atoms with van der Waals surface area (Å²) in [7, 11) is -3.36. The third kappa shape index (κ3) is 3.24. The number of nitrogens with one attached hydrogen (secondary N) is 1. The van der Waals surface area contributed by atoms with E-state index in [1.165, 1.54) is 4.31 Å². The molecule has 2 aliphatic rings. The molecule has 1 aliphatic carbocycles. The molecule has 2 fully saturated rings. The van der Waals surface area contributed by atoms with Crippen LogP contribution in [0.25, 0.3) is 0 Å². The normalized spacial score (nSPS) is 23.1. The number of sulfonamides is 1. The highest BCUT2D eigenvalue weighted by Gasteiger charge is 2.51. The van der Waals surface area contributed by atoms with Crippen molar-refractivity contribution in [3.8, 4) is 0 Å². The Balaban J connectivity index is 1.93. The second kappa shape index (κ2) is 6.05. The number of hydrogen-bond donors (Lipinski definition) is 2. The Morgan fingerprint density at radius 1 is 1.17 bits per heavy atom. The van der Waals surface area contributed by atoms with Gasteiger partial charge in [-0.2, -0.15) is 0 Å². The van der Waals surface area contributed by atoms with Crippen molar-refractivity contribution in [1.82, 2.24) is 9.62 Å². The third-order valence-electron chi connectivity index (χ3n) is 4.95. The highest BCUT2D eigenvalue weighted by Crippen LogP contribution is 2.41. The van der Waals surface area contributed by atoms with Crippen molar-refractivity contribution in [2.24, 2.45) is 5.41 Å². The zero-order valence-corrected chi connectivity index (χ0v) is 14.8. The van der Waals surface area contributed by atoms with Crippen LogP contribution < -0.4 is 5.32 Å². The third-order valence-corrected chi connectivity index (χ3v) is 7.55. The SMILES string of the molecule is CC(C)(C)S(=O)(=O)N1CCC(NC(=O)C2(C(=O)O)CCC2)CC1. The van der Waals surface area contributed by atoms with Crippen LogP contribution in [0.3, 0.4) is 0 Å². The average Bonchev–Trinajstić information content (AvgIpc) is 2.36. The number of aliphatic carboxylic acids is 1. The van der Waals surface area contributed by atoms with E-state index in [1.807, 2.05) is 0 Å². The number of rotatable bonds is 4. The number of piperidine rings is 1. The van der Waals surface area contributed by atoms with Gasteiger partial charge < -0.3 is 10.4 Å². The fourth-order valence-corrected chi connectivity index (χ4v) is 4.49. The van der Waals surface area contributed by atoms with Gasteiger partial charge in [-0.3, -0.25) is 9.59 Å². The van der Waals surface area contributed by atoms with Crippen LogP contribution >= 0.6 is 0 Å². The molecule has 1 saturated carbocycles. The monoisotopic (exact) mass is 346 g/mol. The lowest BCUT2D eigenvalue weighted by Gasteiger charge is -2.39.